The number of likely N-dealkylation sites (tertiary alicyclic amines) is 1. The lowest BCUT2D eigenvalue weighted by Crippen LogP contribution is -2.54. The van der Waals surface area contributed by atoms with Gasteiger partial charge in [0.25, 0.3) is 0 Å². The largest absolute Gasteiger partial charge is 0.491 e. The van der Waals surface area contributed by atoms with Crippen LogP contribution in [0.25, 0.3) is 22.2 Å². The Hall–Kier alpha value is -3.02. The number of carbonyl (C=O) groups excluding carboxylic acids is 1. The van der Waals surface area contributed by atoms with E-state index in [2.05, 4.69) is 51.3 Å². The molecule has 0 bridgehead atoms. The first-order valence-corrected chi connectivity index (χ1v) is 12.4. The molecule has 2 atom stereocenters. The minimum atomic E-state index is 0.197. The Morgan fingerprint density at radius 2 is 1.85 bits per heavy atom. The fourth-order valence-corrected chi connectivity index (χ4v) is 6.10. The normalized spacial score (nSPS) is 22.9. The van der Waals surface area contributed by atoms with Gasteiger partial charge in [0.2, 0.25) is 0 Å². The molecule has 2 fully saturated rings. The van der Waals surface area contributed by atoms with Crippen LogP contribution >= 0.6 is 0 Å². The first kappa shape index (κ1) is 20.6. The van der Waals surface area contributed by atoms with E-state index in [1.165, 1.54) is 25.7 Å². The lowest BCUT2D eigenvalue weighted by atomic mass is 9.78. The third-order valence-electron chi connectivity index (χ3n) is 7.73. The SMILES string of the molecule is Cc1nc2ccc(-c3ccc4c(c3)CN(C(=O)N3CCCC5CCCCC53)CCO4)cc2[nH]1. The van der Waals surface area contributed by atoms with Gasteiger partial charge in [0, 0.05) is 18.2 Å². The minimum Gasteiger partial charge on any atom is -0.491 e. The van der Waals surface area contributed by atoms with Crippen LogP contribution in [0.2, 0.25) is 0 Å². The van der Waals surface area contributed by atoms with E-state index in [4.69, 9.17) is 4.74 Å². The van der Waals surface area contributed by atoms with Gasteiger partial charge in [-0.2, -0.15) is 0 Å². The summed E-state index contributed by atoms with van der Waals surface area (Å²) >= 11 is 0. The Balaban J connectivity index is 1.26. The Labute approximate surface area is 194 Å². The molecule has 0 spiro atoms. The number of H-pyrrole nitrogens is 1. The minimum absolute atomic E-state index is 0.197. The number of piperidine rings is 1. The van der Waals surface area contributed by atoms with E-state index >= 15 is 0 Å². The first-order valence-electron chi connectivity index (χ1n) is 12.4. The highest BCUT2D eigenvalue weighted by Gasteiger charge is 2.37. The van der Waals surface area contributed by atoms with Gasteiger partial charge in [0.15, 0.2) is 0 Å². The summed E-state index contributed by atoms with van der Waals surface area (Å²) in [4.78, 5) is 25.7. The standard InChI is InChI=1S/C27H32N4O2/c1-18-28-23-10-8-21(16-24(23)29-18)20-9-11-26-22(15-20)17-30(13-14-33-26)27(32)31-12-4-6-19-5-2-3-7-25(19)31/h8-11,15-16,19,25H,2-7,12-14,17H2,1H3,(H,28,29). The molecule has 3 heterocycles. The van der Waals surface area contributed by atoms with Crippen molar-refractivity contribution in [3.8, 4) is 16.9 Å². The van der Waals surface area contributed by atoms with E-state index in [-0.39, 0.29) is 6.03 Å². The molecular weight excluding hydrogens is 412 g/mol. The van der Waals surface area contributed by atoms with Crippen LogP contribution in [0, 0.1) is 12.8 Å². The van der Waals surface area contributed by atoms with Gasteiger partial charge in [-0.25, -0.2) is 9.78 Å². The number of rotatable bonds is 1. The molecule has 1 aliphatic carbocycles. The number of aromatic amines is 1. The Morgan fingerprint density at radius 3 is 2.79 bits per heavy atom. The number of amides is 2. The van der Waals surface area contributed by atoms with Gasteiger partial charge in [-0.15, -0.1) is 0 Å². The van der Waals surface area contributed by atoms with Crippen LogP contribution in [0.3, 0.4) is 0 Å². The molecule has 0 radical (unpaired) electrons. The molecule has 3 aromatic rings. The predicted molar refractivity (Wildman–Crippen MR) is 129 cm³/mol. The summed E-state index contributed by atoms with van der Waals surface area (Å²) in [5.41, 5.74) is 5.37. The third kappa shape index (κ3) is 3.85. The molecule has 1 saturated carbocycles. The van der Waals surface area contributed by atoms with E-state index in [0.29, 0.717) is 31.7 Å². The van der Waals surface area contributed by atoms with E-state index < -0.39 is 0 Å². The monoisotopic (exact) mass is 444 g/mol. The number of fused-ring (bicyclic) bond motifs is 3. The van der Waals surface area contributed by atoms with Crippen molar-refractivity contribution in [2.24, 2.45) is 5.92 Å². The summed E-state index contributed by atoms with van der Waals surface area (Å²) in [6.07, 6.45) is 7.43. The summed E-state index contributed by atoms with van der Waals surface area (Å²) in [6.45, 7) is 4.65. The van der Waals surface area contributed by atoms with Crippen LogP contribution in [0.15, 0.2) is 36.4 Å². The van der Waals surface area contributed by atoms with E-state index in [9.17, 15) is 4.79 Å². The number of nitrogens with zero attached hydrogens (tertiary/aromatic N) is 3. The molecular formula is C27H32N4O2. The quantitative estimate of drug-likeness (QED) is 0.539. The van der Waals surface area contributed by atoms with Gasteiger partial charge in [-0.05, 0) is 73.9 Å². The summed E-state index contributed by atoms with van der Waals surface area (Å²) in [6, 6.07) is 13.3. The zero-order valence-electron chi connectivity index (χ0n) is 19.3. The van der Waals surface area contributed by atoms with Crippen LogP contribution < -0.4 is 4.74 Å². The first-order chi connectivity index (χ1) is 16.2. The number of aromatic nitrogens is 2. The van der Waals surface area contributed by atoms with E-state index in [1.807, 2.05) is 11.8 Å². The molecule has 6 nitrogen and oxygen atoms in total. The fourth-order valence-electron chi connectivity index (χ4n) is 6.10. The van der Waals surface area contributed by atoms with E-state index in [1.54, 1.807) is 0 Å². The fraction of sp³-hybridized carbons (Fsp3) is 0.481. The van der Waals surface area contributed by atoms with Crippen molar-refractivity contribution in [3.63, 3.8) is 0 Å². The molecule has 2 amide bonds. The molecule has 6 heteroatoms. The Morgan fingerprint density at radius 1 is 1.03 bits per heavy atom. The lowest BCUT2D eigenvalue weighted by Gasteiger charge is -2.45. The number of imidazole rings is 1. The number of aryl methyl sites for hydroxylation is 1. The molecule has 1 saturated heterocycles. The van der Waals surface area contributed by atoms with Crippen molar-refractivity contribution in [2.45, 2.75) is 58.0 Å². The van der Waals surface area contributed by atoms with Gasteiger partial charge >= 0.3 is 6.03 Å². The van der Waals surface area contributed by atoms with Crippen molar-refractivity contribution in [2.75, 3.05) is 19.7 Å². The average molecular weight is 445 g/mol. The number of urea groups is 1. The van der Waals surface area contributed by atoms with Crippen LogP contribution in [0.1, 0.15) is 49.9 Å². The predicted octanol–water partition coefficient (Wildman–Crippen LogP) is 5.51. The van der Waals surface area contributed by atoms with Crippen molar-refractivity contribution in [3.05, 3.63) is 47.8 Å². The van der Waals surface area contributed by atoms with Gasteiger partial charge < -0.3 is 19.5 Å². The second-order valence-electron chi connectivity index (χ2n) is 9.88. The van der Waals surface area contributed by atoms with E-state index in [0.717, 1.165) is 58.7 Å². The highest BCUT2D eigenvalue weighted by molar-refractivity contribution is 5.82. The zero-order valence-corrected chi connectivity index (χ0v) is 19.3. The number of ether oxygens (including phenoxy) is 1. The van der Waals surface area contributed by atoms with Gasteiger partial charge in [-0.3, -0.25) is 0 Å². The van der Waals surface area contributed by atoms with Crippen LogP contribution in [0.5, 0.6) is 5.75 Å². The summed E-state index contributed by atoms with van der Waals surface area (Å²) in [7, 11) is 0. The molecule has 2 aromatic carbocycles. The maximum atomic E-state index is 13.7. The molecule has 172 valence electrons. The molecule has 3 aliphatic rings. The van der Waals surface area contributed by atoms with Crippen molar-refractivity contribution >= 4 is 17.1 Å². The van der Waals surface area contributed by atoms with Crippen LogP contribution in [-0.4, -0.2) is 51.5 Å². The summed E-state index contributed by atoms with van der Waals surface area (Å²) in [5.74, 6) is 2.51. The van der Waals surface area contributed by atoms with Crippen molar-refractivity contribution in [1.82, 2.24) is 19.8 Å². The summed E-state index contributed by atoms with van der Waals surface area (Å²) < 4.78 is 6.06. The second kappa shape index (κ2) is 8.40. The van der Waals surface area contributed by atoms with Gasteiger partial charge in [0.05, 0.1) is 24.1 Å². The topological polar surface area (TPSA) is 61.5 Å². The zero-order chi connectivity index (χ0) is 22.4. The molecule has 1 aromatic heterocycles. The third-order valence-corrected chi connectivity index (χ3v) is 7.73. The highest BCUT2D eigenvalue weighted by Crippen LogP contribution is 2.36. The maximum Gasteiger partial charge on any atom is 0.320 e. The number of hydrogen-bond donors (Lipinski definition) is 1. The second-order valence-corrected chi connectivity index (χ2v) is 9.88. The number of hydrogen-bond acceptors (Lipinski definition) is 3. The van der Waals surface area contributed by atoms with Crippen LogP contribution in [-0.2, 0) is 6.54 Å². The Kier molecular flexibility index (Phi) is 5.24. The number of benzene rings is 2. The molecule has 2 aliphatic heterocycles. The van der Waals surface area contributed by atoms with Gasteiger partial charge in [0.1, 0.15) is 18.2 Å². The Bertz CT molecular complexity index is 1180. The molecule has 33 heavy (non-hydrogen) atoms. The van der Waals surface area contributed by atoms with Crippen LogP contribution in [0.4, 0.5) is 4.79 Å². The maximum absolute atomic E-state index is 13.7. The highest BCUT2D eigenvalue weighted by atomic mass is 16.5. The van der Waals surface area contributed by atoms with Crippen molar-refractivity contribution in [1.29, 1.82) is 0 Å². The average Bonchev–Trinajstić information content (AvgIpc) is 3.08. The molecule has 2 unspecified atom stereocenters. The number of carbonyl (C=O) groups is 1. The smallest absolute Gasteiger partial charge is 0.320 e. The molecule has 1 N–H and O–H groups in total. The van der Waals surface area contributed by atoms with Gasteiger partial charge in [-0.1, -0.05) is 25.0 Å². The summed E-state index contributed by atoms with van der Waals surface area (Å²) in [5, 5.41) is 0. The molecule has 6 rings (SSSR count). The lowest BCUT2D eigenvalue weighted by molar-refractivity contribution is 0.0622. The number of nitrogens with one attached hydrogen (secondary N) is 1. The van der Waals surface area contributed by atoms with Crippen molar-refractivity contribution < 1.29 is 9.53 Å².